The number of aromatic amines is 1. The lowest BCUT2D eigenvalue weighted by atomic mass is 9.97. The molecule has 1 aliphatic rings. The van der Waals surface area contributed by atoms with Crippen molar-refractivity contribution < 1.29 is 4.79 Å². The van der Waals surface area contributed by atoms with Crippen LogP contribution >= 0.6 is 34.9 Å². The number of hydrogen-bond donors (Lipinski definition) is 2. The Labute approximate surface area is 150 Å². The topological polar surface area (TPSA) is 66.9 Å². The third-order valence-electron chi connectivity index (χ3n) is 4.22. The van der Waals surface area contributed by atoms with Crippen LogP contribution in [0.4, 0.5) is 0 Å². The van der Waals surface area contributed by atoms with Gasteiger partial charge in [0.15, 0.2) is 0 Å². The van der Waals surface area contributed by atoms with E-state index >= 15 is 0 Å². The molecule has 0 radical (unpaired) electrons. The number of nitrogens with one attached hydrogen (secondary N) is 2. The quantitative estimate of drug-likeness (QED) is 0.669. The summed E-state index contributed by atoms with van der Waals surface area (Å²) in [5, 5.41) is 2.44. The number of amides is 1. The van der Waals surface area contributed by atoms with E-state index in [9.17, 15) is 9.59 Å². The van der Waals surface area contributed by atoms with Crippen LogP contribution < -0.4 is 11.0 Å². The summed E-state index contributed by atoms with van der Waals surface area (Å²) in [7, 11) is 0. The fourth-order valence-corrected chi connectivity index (χ4v) is 5.33. The number of aromatic nitrogens is 2. The van der Waals surface area contributed by atoms with Crippen LogP contribution in [0.25, 0.3) is 10.2 Å². The maximum atomic E-state index is 12.9. The van der Waals surface area contributed by atoms with Gasteiger partial charge in [-0.15, -0.1) is 22.7 Å². The lowest BCUT2D eigenvalue weighted by molar-refractivity contribution is 0.101. The minimum absolute atomic E-state index is 0.214. The van der Waals surface area contributed by atoms with Gasteiger partial charge in [-0.05, 0) is 56.5 Å². The van der Waals surface area contributed by atoms with E-state index in [-0.39, 0.29) is 16.2 Å². The van der Waals surface area contributed by atoms with Gasteiger partial charge in [0.25, 0.3) is 11.5 Å². The zero-order valence-corrected chi connectivity index (χ0v) is 15.4. The normalized spacial score (nSPS) is 13.9. The van der Waals surface area contributed by atoms with Gasteiger partial charge >= 0.3 is 0 Å². The summed E-state index contributed by atoms with van der Waals surface area (Å²) in [6, 6.07) is 1.79. The molecule has 8 heteroatoms. The summed E-state index contributed by atoms with van der Waals surface area (Å²) >= 11 is 8.39. The van der Waals surface area contributed by atoms with Crippen molar-refractivity contribution in [1.29, 1.82) is 0 Å². The molecule has 0 unspecified atom stereocenters. The van der Waals surface area contributed by atoms with Crippen LogP contribution in [0.15, 0.2) is 16.2 Å². The maximum Gasteiger partial charge on any atom is 0.282 e. The summed E-state index contributed by atoms with van der Waals surface area (Å²) < 4.78 is 1.38. The molecular weight excluding hydrogens is 362 g/mol. The van der Waals surface area contributed by atoms with Gasteiger partial charge in [-0.25, -0.2) is 0 Å². The molecule has 3 heterocycles. The number of hydrogen-bond acceptors (Lipinski definition) is 5. The zero-order valence-electron chi connectivity index (χ0n) is 13.0. The van der Waals surface area contributed by atoms with E-state index in [1.54, 1.807) is 22.8 Å². The van der Waals surface area contributed by atoms with Gasteiger partial charge in [-0.1, -0.05) is 0 Å². The molecule has 0 saturated heterocycles. The highest BCUT2D eigenvalue weighted by atomic mass is 32.1. The Morgan fingerprint density at radius 2 is 2.17 bits per heavy atom. The van der Waals surface area contributed by atoms with Crippen LogP contribution in [0.3, 0.4) is 0 Å². The van der Waals surface area contributed by atoms with E-state index in [0.717, 1.165) is 45.6 Å². The van der Waals surface area contributed by atoms with Crippen LogP contribution in [0.1, 0.15) is 38.5 Å². The molecule has 0 saturated carbocycles. The minimum atomic E-state index is -0.329. The molecule has 124 valence electrons. The number of thiophene rings is 2. The number of carbonyl (C=O) groups excluding carboxylic acids is 1. The average molecular weight is 378 g/mol. The first kappa shape index (κ1) is 15.7. The van der Waals surface area contributed by atoms with Crippen molar-refractivity contribution in [2.45, 2.75) is 32.6 Å². The van der Waals surface area contributed by atoms with Gasteiger partial charge in [-0.3, -0.25) is 15.0 Å². The number of rotatable bonds is 2. The second-order valence-electron chi connectivity index (χ2n) is 5.87. The Morgan fingerprint density at radius 3 is 2.92 bits per heavy atom. The number of carbonyl (C=O) groups is 1. The van der Waals surface area contributed by atoms with Gasteiger partial charge in [0, 0.05) is 15.1 Å². The van der Waals surface area contributed by atoms with Crippen molar-refractivity contribution in [3.8, 4) is 0 Å². The summed E-state index contributed by atoms with van der Waals surface area (Å²) in [4.78, 5) is 31.5. The summed E-state index contributed by atoms with van der Waals surface area (Å²) in [6.45, 7) is 1.93. The molecule has 1 amide bonds. The van der Waals surface area contributed by atoms with Gasteiger partial charge < -0.3 is 4.98 Å². The standard InChI is InChI=1S/C16H15N3O2S3/c1-8-6-9(7-23-8)13(20)18-19-15(21)12-10-4-2-3-5-11(10)24-14(12)17-16(19)22/h6-7H,2-5H2,1H3,(H,17,22)(H,18,20). The molecular formula is C16H15N3O2S3. The van der Waals surface area contributed by atoms with Gasteiger partial charge in [0.1, 0.15) is 4.83 Å². The number of H-pyrrole nitrogens is 1. The molecule has 5 nitrogen and oxygen atoms in total. The van der Waals surface area contributed by atoms with Crippen molar-refractivity contribution in [3.05, 3.63) is 47.5 Å². The largest absolute Gasteiger partial charge is 0.322 e. The fraction of sp³-hybridized carbons (Fsp3) is 0.312. The Balaban J connectivity index is 1.82. The van der Waals surface area contributed by atoms with Gasteiger partial charge in [-0.2, -0.15) is 4.68 Å². The molecule has 1 aliphatic carbocycles. The van der Waals surface area contributed by atoms with Crippen LogP contribution in [-0.2, 0) is 12.8 Å². The lowest BCUT2D eigenvalue weighted by Gasteiger charge is -2.11. The SMILES string of the molecule is Cc1cc(C(=O)Nn2c(=S)[nH]c3sc4c(c3c2=O)CCCC4)cs1. The van der Waals surface area contributed by atoms with Crippen molar-refractivity contribution >= 4 is 51.0 Å². The third kappa shape index (κ3) is 2.54. The Morgan fingerprint density at radius 1 is 1.38 bits per heavy atom. The Kier molecular flexibility index (Phi) is 3.90. The maximum absolute atomic E-state index is 12.9. The highest BCUT2D eigenvalue weighted by Gasteiger charge is 2.21. The molecule has 0 atom stereocenters. The van der Waals surface area contributed by atoms with Crippen molar-refractivity contribution in [1.82, 2.24) is 9.66 Å². The Hall–Kier alpha value is -1.77. The van der Waals surface area contributed by atoms with Crippen LogP contribution in [-0.4, -0.2) is 15.6 Å². The van der Waals surface area contributed by atoms with E-state index in [1.807, 2.05) is 6.92 Å². The molecule has 0 spiro atoms. The number of aryl methyl sites for hydroxylation is 3. The molecule has 0 aliphatic heterocycles. The van der Waals surface area contributed by atoms with Crippen molar-refractivity contribution in [3.63, 3.8) is 0 Å². The average Bonchev–Trinajstić information content (AvgIpc) is 3.14. The second-order valence-corrected chi connectivity index (χ2v) is 8.48. The monoisotopic (exact) mass is 377 g/mol. The fourth-order valence-electron chi connectivity index (χ4n) is 3.07. The first-order valence-electron chi connectivity index (χ1n) is 7.70. The molecule has 0 bridgehead atoms. The van der Waals surface area contributed by atoms with E-state index < -0.39 is 0 Å². The van der Waals surface area contributed by atoms with E-state index in [4.69, 9.17) is 12.2 Å². The van der Waals surface area contributed by atoms with Gasteiger partial charge in [0.05, 0.1) is 10.9 Å². The molecule has 24 heavy (non-hydrogen) atoms. The predicted octanol–water partition coefficient (Wildman–Crippen LogP) is 3.75. The van der Waals surface area contributed by atoms with Crippen LogP contribution in [0.5, 0.6) is 0 Å². The minimum Gasteiger partial charge on any atom is -0.322 e. The molecule has 3 aromatic heterocycles. The van der Waals surface area contributed by atoms with Crippen LogP contribution in [0.2, 0.25) is 0 Å². The smallest absolute Gasteiger partial charge is 0.282 e. The Bertz CT molecular complexity index is 1070. The molecule has 4 rings (SSSR count). The van der Waals surface area contributed by atoms with E-state index in [0.29, 0.717) is 10.9 Å². The van der Waals surface area contributed by atoms with Crippen LogP contribution in [0, 0.1) is 11.7 Å². The third-order valence-corrected chi connectivity index (χ3v) is 6.57. The number of fused-ring (bicyclic) bond motifs is 3. The zero-order chi connectivity index (χ0) is 16.8. The lowest BCUT2D eigenvalue weighted by Crippen LogP contribution is -2.34. The first-order valence-corrected chi connectivity index (χ1v) is 9.81. The summed E-state index contributed by atoms with van der Waals surface area (Å²) in [6.07, 6.45) is 4.17. The second kappa shape index (κ2) is 5.94. The van der Waals surface area contributed by atoms with E-state index in [1.165, 1.54) is 16.2 Å². The highest BCUT2D eigenvalue weighted by molar-refractivity contribution is 7.71. The van der Waals surface area contributed by atoms with Crippen molar-refractivity contribution in [2.24, 2.45) is 0 Å². The predicted molar refractivity (Wildman–Crippen MR) is 101 cm³/mol. The van der Waals surface area contributed by atoms with E-state index in [2.05, 4.69) is 10.4 Å². The number of nitrogens with zero attached hydrogens (tertiary/aromatic N) is 1. The van der Waals surface area contributed by atoms with Gasteiger partial charge in [0.2, 0.25) is 4.77 Å². The molecule has 2 N–H and O–H groups in total. The molecule has 0 aromatic carbocycles. The van der Waals surface area contributed by atoms with Crippen molar-refractivity contribution in [2.75, 3.05) is 5.43 Å². The summed E-state index contributed by atoms with van der Waals surface area (Å²) in [5.41, 5.74) is 4.05. The highest BCUT2D eigenvalue weighted by Crippen LogP contribution is 2.33. The first-order chi connectivity index (χ1) is 11.5. The molecule has 0 fully saturated rings. The summed E-state index contributed by atoms with van der Waals surface area (Å²) in [5.74, 6) is -0.329. The molecule has 3 aromatic rings.